The molecule has 21 heavy (non-hydrogen) atoms. The number of aryl methyl sites for hydroxylation is 1. The number of amides is 1. The summed E-state index contributed by atoms with van der Waals surface area (Å²) in [5.41, 5.74) is 2.68. The number of carbonyl (C=O) groups excluding carboxylic acids is 1. The molecule has 1 aliphatic rings. The van der Waals surface area contributed by atoms with E-state index in [1.807, 2.05) is 37.3 Å². The van der Waals surface area contributed by atoms with E-state index in [1.54, 1.807) is 4.68 Å². The van der Waals surface area contributed by atoms with Crippen LogP contribution in [-0.2, 0) is 16.1 Å². The van der Waals surface area contributed by atoms with Crippen molar-refractivity contribution in [3.8, 4) is 11.1 Å². The van der Waals surface area contributed by atoms with Crippen molar-refractivity contribution in [2.45, 2.75) is 19.9 Å². The lowest BCUT2D eigenvalue weighted by Crippen LogP contribution is -2.35. The van der Waals surface area contributed by atoms with Crippen LogP contribution in [0, 0.1) is 12.8 Å². The average Bonchev–Trinajstić information content (AvgIpc) is 2.75. The molecule has 0 bridgehead atoms. The van der Waals surface area contributed by atoms with Gasteiger partial charge >= 0.3 is 5.97 Å². The topological polar surface area (TPSA) is 84.2 Å². The maximum absolute atomic E-state index is 12.1. The molecule has 2 aromatic rings. The van der Waals surface area contributed by atoms with E-state index in [-0.39, 0.29) is 12.3 Å². The first kappa shape index (κ1) is 13.4. The quantitative estimate of drug-likeness (QED) is 0.902. The molecule has 6 nitrogen and oxygen atoms in total. The van der Waals surface area contributed by atoms with Crippen LogP contribution in [0.1, 0.15) is 12.1 Å². The Morgan fingerprint density at radius 1 is 1.43 bits per heavy atom. The predicted molar refractivity (Wildman–Crippen MR) is 76.8 cm³/mol. The third-order valence-electron chi connectivity index (χ3n) is 3.62. The maximum atomic E-state index is 12.1. The summed E-state index contributed by atoms with van der Waals surface area (Å²) in [4.78, 5) is 22.9. The number of anilines is 1. The van der Waals surface area contributed by atoms with Crippen LogP contribution in [0.5, 0.6) is 0 Å². The number of carbonyl (C=O) groups is 2. The van der Waals surface area contributed by atoms with Gasteiger partial charge in [-0.15, -0.1) is 0 Å². The van der Waals surface area contributed by atoms with Crippen molar-refractivity contribution in [1.29, 1.82) is 0 Å². The number of fused-ring (bicyclic) bond motifs is 1. The molecule has 1 amide bonds. The Morgan fingerprint density at radius 3 is 2.81 bits per heavy atom. The molecular formula is C15H15N3O3. The summed E-state index contributed by atoms with van der Waals surface area (Å²) in [5, 5.41) is 16.1. The molecule has 1 aromatic heterocycles. The molecule has 2 N–H and O–H groups in total. The number of carboxylic acids is 1. The number of hydrogen-bond acceptors (Lipinski definition) is 3. The monoisotopic (exact) mass is 285 g/mol. The number of nitrogens with zero attached hydrogens (tertiary/aromatic N) is 2. The summed E-state index contributed by atoms with van der Waals surface area (Å²) < 4.78 is 1.69. The van der Waals surface area contributed by atoms with E-state index in [9.17, 15) is 9.59 Å². The van der Waals surface area contributed by atoms with Gasteiger partial charge in [-0.25, -0.2) is 4.68 Å². The van der Waals surface area contributed by atoms with Crippen LogP contribution in [0.3, 0.4) is 0 Å². The van der Waals surface area contributed by atoms with Gasteiger partial charge in [-0.2, -0.15) is 5.10 Å². The van der Waals surface area contributed by atoms with E-state index in [2.05, 4.69) is 10.4 Å². The highest BCUT2D eigenvalue weighted by Gasteiger charge is 2.31. The van der Waals surface area contributed by atoms with Crippen LogP contribution >= 0.6 is 0 Å². The Bertz CT molecular complexity index is 706. The Hall–Kier alpha value is -2.63. The fourth-order valence-electron chi connectivity index (χ4n) is 2.67. The highest BCUT2D eigenvalue weighted by atomic mass is 16.4. The lowest BCUT2D eigenvalue weighted by atomic mass is 10.0. The van der Waals surface area contributed by atoms with Gasteiger partial charge in [0.2, 0.25) is 5.91 Å². The Morgan fingerprint density at radius 2 is 2.14 bits per heavy atom. The lowest BCUT2D eigenvalue weighted by Gasteiger charge is -2.23. The average molecular weight is 285 g/mol. The van der Waals surface area contributed by atoms with E-state index in [0.29, 0.717) is 12.4 Å². The molecule has 0 unspecified atom stereocenters. The SMILES string of the molecule is Cc1nn2c(c1-c1ccccc1)NC(=O)[C@H](CC(=O)O)C2. The fraction of sp³-hybridized carbons (Fsp3) is 0.267. The summed E-state index contributed by atoms with van der Waals surface area (Å²) in [7, 11) is 0. The third-order valence-corrected chi connectivity index (χ3v) is 3.62. The largest absolute Gasteiger partial charge is 0.481 e. The number of carboxylic acid groups (broad SMARTS) is 1. The Kier molecular flexibility index (Phi) is 3.21. The zero-order valence-corrected chi connectivity index (χ0v) is 11.5. The highest BCUT2D eigenvalue weighted by molar-refractivity contribution is 5.98. The van der Waals surface area contributed by atoms with Crippen molar-refractivity contribution in [3.63, 3.8) is 0 Å². The van der Waals surface area contributed by atoms with Crippen molar-refractivity contribution in [3.05, 3.63) is 36.0 Å². The van der Waals surface area contributed by atoms with Crippen molar-refractivity contribution < 1.29 is 14.7 Å². The van der Waals surface area contributed by atoms with E-state index in [1.165, 1.54) is 0 Å². The molecule has 3 rings (SSSR count). The minimum atomic E-state index is -0.981. The molecule has 0 fully saturated rings. The van der Waals surface area contributed by atoms with Crippen molar-refractivity contribution in [1.82, 2.24) is 9.78 Å². The smallest absolute Gasteiger partial charge is 0.304 e. The van der Waals surface area contributed by atoms with E-state index < -0.39 is 11.9 Å². The number of nitrogens with one attached hydrogen (secondary N) is 1. The number of aromatic nitrogens is 2. The molecule has 0 spiro atoms. The molecule has 108 valence electrons. The molecular weight excluding hydrogens is 270 g/mol. The minimum Gasteiger partial charge on any atom is -0.481 e. The van der Waals surface area contributed by atoms with Crippen molar-refractivity contribution >= 4 is 17.7 Å². The molecule has 0 saturated carbocycles. The number of hydrogen-bond donors (Lipinski definition) is 2. The van der Waals surface area contributed by atoms with Crippen LogP contribution < -0.4 is 5.32 Å². The van der Waals surface area contributed by atoms with Crippen molar-refractivity contribution in [2.75, 3.05) is 5.32 Å². The molecule has 6 heteroatoms. The second kappa shape index (κ2) is 5.05. The van der Waals surface area contributed by atoms with Crippen molar-refractivity contribution in [2.24, 2.45) is 5.92 Å². The summed E-state index contributed by atoms with van der Waals surface area (Å²) >= 11 is 0. The zero-order valence-electron chi connectivity index (χ0n) is 11.5. The Balaban J connectivity index is 2.01. The molecule has 0 aliphatic carbocycles. The van der Waals surface area contributed by atoms with Crippen LogP contribution in [0.25, 0.3) is 11.1 Å². The highest BCUT2D eigenvalue weighted by Crippen LogP contribution is 2.34. The van der Waals surface area contributed by atoms with Crippen LogP contribution in [-0.4, -0.2) is 26.8 Å². The number of aliphatic carboxylic acids is 1. The predicted octanol–water partition coefficient (Wildman–Crippen LogP) is 1.90. The molecule has 1 aliphatic heterocycles. The van der Waals surface area contributed by atoms with E-state index >= 15 is 0 Å². The normalized spacial score (nSPS) is 17.2. The molecule has 0 saturated heterocycles. The summed E-state index contributed by atoms with van der Waals surface area (Å²) in [6.07, 6.45) is -0.190. The van der Waals surface area contributed by atoms with Crippen LogP contribution in [0.15, 0.2) is 30.3 Å². The molecule has 1 aromatic carbocycles. The van der Waals surface area contributed by atoms with Gasteiger partial charge in [0.05, 0.1) is 24.6 Å². The van der Waals surface area contributed by atoms with Crippen LogP contribution in [0.4, 0.5) is 5.82 Å². The number of rotatable bonds is 3. The van der Waals surface area contributed by atoms with Gasteiger partial charge < -0.3 is 10.4 Å². The van der Waals surface area contributed by atoms with Gasteiger partial charge in [-0.1, -0.05) is 30.3 Å². The standard InChI is InChI=1S/C15H15N3O3/c1-9-13(10-5-3-2-4-6-10)14-16-15(21)11(7-12(19)20)8-18(14)17-9/h2-6,11H,7-8H2,1H3,(H,16,21)(H,19,20)/t11-/m1/s1. The summed E-state index contributed by atoms with van der Waals surface area (Å²) in [6, 6.07) is 9.70. The first-order valence-corrected chi connectivity index (χ1v) is 6.71. The molecule has 2 heterocycles. The molecule has 1 atom stereocenters. The first-order chi connectivity index (χ1) is 10.1. The van der Waals surface area contributed by atoms with Gasteiger partial charge in [-0.3, -0.25) is 9.59 Å². The summed E-state index contributed by atoms with van der Waals surface area (Å²) in [5.74, 6) is -1.18. The van der Waals surface area contributed by atoms with Gasteiger partial charge in [0.1, 0.15) is 5.82 Å². The fourth-order valence-corrected chi connectivity index (χ4v) is 2.67. The van der Waals surface area contributed by atoms with Gasteiger partial charge in [-0.05, 0) is 12.5 Å². The Labute approximate surface area is 121 Å². The maximum Gasteiger partial charge on any atom is 0.304 e. The van der Waals surface area contributed by atoms with Gasteiger partial charge in [0, 0.05) is 5.56 Å². The van der Waals surface area contributed by atoms with E-state index in [0.717, 1.165) is 16.8 Å². The zero-order chi connectivity index (χ0) is 15.0. The van der Waals surface area contributed by atoms with E-state index in [4.69, 9.17) is 5.11 Å². The third kappa shape index (κ3) is 2.40. The number of benzene rings is 1. The summed E-state index contributed by atoms with van der Waals surface area (Å²) in [6.45, 7) is 2.17. The molecule has 0 radical (unpaired) electrons. The second-order valence-corrected chi connectivity index (χ2v) is 5.14. The second-order valence-electron chi connectivity index (χ2n) is 5.14. The van der Waals surface area contributed by atoms with Crippen LogP contribution in [0.2, 0.25) is 0 Å². The minimum absolute atomic E-state index is 0.190. The van der Waals surface area contributed by atoms with Gasteiger partial charge in [0.15, 0.2) is 0 Å². The first-order valence-electron chi connectivity index (χ1n) is 6.71. The van der Waals surface area contributed by atoms with Gasteiger partial charge in [0.25, 0.3) is 0 Å². The lowest BCUT2D eigenvalue weighted by molar-refractivity contribution is -0.140.